The van der Waals surface area contributed by atoms with Gasteiger partial charge in [0.1, 0.15) is 0 Å². The standard InChI is InChI=1S/C28H24F3N3O2/c29-28(30,31)24-14-12-23(13-15-24)27-32-25(36-33-27)18-20-34(19-17-22-9-5-2-6-10-22)26(35)16-11-21-7-3-1-4-8-21/h1-16H,17-20H2/b16-11+. The van der Waals surface area contributed by atoms with Crippen molar-refractivity contribution in [1.82, 2.24) is 15.0 Å². The number of halogens is 3. The average Bonchev–Trinajstić information content (AvgIpc) is 3.37. The molecule has 0 radical (unpaired) electrons. The zero-order valence-corrected chi connectivity index (χ0v) is 19.4. The predicted molar refractivity (Wildman–Crippen MR) is 131 cm³/mol. The summed E-state index contributed by atoms with van der Waals surface area (Å²) in [5.41, 5.74) is 1.71. The number of benzene rings is 3. The molecule has 0 unspecified atom stereocenters. The topological polar surface area (TPSA) is 59.2 Å². The first-order chi connectivity index (χ1) is 17.4. The van der Waals surface area contributed by atoms with Gasteiger partial charge in [-0.05, 0) is 35.8 Å². The van der Waals surface area contributed by atoms with Crippen LogP contribution < -0.4 is 0 Å². The first-order valence-corrected chi connectivity index (χ1v) is 11.4. The Bertz CT molecular complexity index is 1290. The van der Waals surface area contributed by atoms with Crippen molar-refractivity contribution < 1.29 is 22.5 Å². The van der Waals surface area contributed by atoms with Crippen molar-refractivity contribution in [3.63, 3.8) is 0 Å². The summed E-state index contributed by atoms with van der Waals surface area (Å²) in [6, 6.07) is 24.0. The van der Waals surface area contributed by atoms with Gasteiger partial charge in [0.2, 0.25) is 17.6 Å². The van der Waals surface area contributed by atoms with E-state index in [1.165, 1.54) is 12.1 Å². The molecular weight excluding hydrogens is 467 g/mol. The summed E-state index contributed by atoms with van der Waals surface area (Å²) in [6.45, 7) is 0.849. The Kier molecular flexibility index (Phi) is 7.95. The van der Waals surface area contributed by atoms with Crippen LogP contribution in [0.2, 0.25) is 0 Å². The van der Waals surface area contributed by atoms with Gasteiger partial charge in [0.05, 0.1) is 5.56 Å². The second-order valence-corrected chi connectivity index (χ2v) is 8.14. The number of carbonyl (C=O) groups is 1. The van der Waals surface area contributed by atoms with Gasteiger partial charge in [0, 0.05) is 31.1 Å². The Morgan fingerprint density at radius 2 is 1.50 bits per heavy atom. The number of hydrogen-bond acceptors (Lipinski definition) is 4. The van der Waals surface area contributed by atoms with Crippen LogP contribution in [0.25, 0.3) is 17.5 Å². The molecule has 0 fully saturated rings. The molecule has 0 bridgehead atoms. The highest BCUT2D eigenvalue weighted by Crippen LogP contribution is 2.30. The summed E-state index contributed by atoms with van der Waals surface area (Å²) >= 11 is 0. The zero-order valence-electron chi connectivity index (χ0n) is 19.4. The monoisotopic (exact) mass is 491 g/mol. The van der Waals surface area contributed by atoms with Crippen molar-refractivity contribution in [3.8, 4) is 11.4 Å². The molecule has 4 rings (SSSR count). The van der Waals surface area contributed by atoms with Crippen LogP contribution in [-0.4, -0.2) is 34.0 Å². The van der Waals surface area contributed by atoms with E-state index in [1.54, 1.807) is 17.1 Å². The molecule has 184 valence electrons. The Morgan fingerprint density at radius 1 is 0.861 bits per heavy atom. The maximum atomic E-state index is 13.0. The molecule has 8 heteroatoms. The summed E-state index contributed by atoms with van der Waals surface area (Å²) < 4.78 is 43.7. The summed E-state index contributed by atoms with van der Waals surface area (Å²) in [5, 5.41) is 3.89. The lowest BCUT2D eigenvalue weighted by Crippen LogP contribution is -2.33. The maximum Gasteiger partial charge on any atom is 0.416 e. The second-order valence-electron chi connectivity index (χ2n) is 8.14. The van der Waals surface area contributed by atoms with Gasteiger partial charge >= 0.3 is 6.18 Å². The molecule has 0 N–H and O–H groups in total. The molecule has 3 aromatic carbocycles. The molecule has 0 aliphatic heterocycles. The van der Waals surface area contributed by atoms with Crippen LogP contribution in [0.5, 0.6) is 0 Å². The Morgan fingerprint density at radius 3 is 2.17 bits per heavy atom. The van der Waals surface area contributed by atoms with E-state index in [9.17, 15) is 18.0 Å². The first-order valence-electron chi connectivity index (χ1n) is 11.4. The maximum absolute atomic E-state index is 13.0. The molecule has 0 spiro atoms. The van der Waals surface area contributed by atoms with Gasteiger partial charge in [-0.15, -0.1) is 0 Å². The number of aromatic nitrogens is 2. The van der Waals surface area contributed by atoms with E-state index in [1.807, 2.05) is 60.7 Å². The van der Waals surface area contributed by atoms with E-state index in [-0.39, 0.29) is 11.7 Å². The third-order valence-corrected chi connectivity index (χ3v) is 5.58. The highest BCUT2D eigenvalue weighted by Gasteiger charge is 2.30. The van der Waals surface area contributed by atoms with Crippen molar-refractivity contribution in [1.29, 1.82) is 0 Å². The normalized spacial score (nSPS) is 11.6. The summed E-state index contributed by atoms with van der Waals surface area (Å²) in [4.78, 5) is 19.0. The van der Waals surface area contributed by atoms with E-state index in [0.29, 0.717) is 37.4 Å². The molecule has 0 atom stereocenters. The summed E-state index contributed by atoms with van der Waals surface area (Å²) in [7, 11) is 0. The van der Waals surface area contributed by atoms with Gasteiger partial charge in [0.15, 0.2) is 0 Å². The lowest BCUT2D eigenvalue weighted by molar-refractivity contribution is -0.137. The second kappa shape index (κ2) is 11.5. The average molecular weight is 492 g/mol. The van der Waals surface area contributed by atoms with E-state index >= 15 is 0 Å². The molecule has 0 aliphatic carbocycles. The fraction of sp³-hybridized carbons (Fsp3) is 0.179. The van der Waals surface area contributed by atoms with Crippen LogP contribution in [0.4, 0.5) is 13.2 Å². The van der Waals surface area contributed by atoms with Crippen LogP contribution in [-0.2, 0) is 23.8 Å². The van der Waals surface area contributed by atoms with Crippen molar-refractivity contribution in [2.24, 2.45) is 0 Å². The van der Waals surface area contributed by atoms with E-state index in [4.69, 9.17) is 4.52 Å². The SMILES string of the molecule is O=C(/C=C/c1ccccc1)N(CCc1ccccc1)CCc1nc(-c2ccc(C(F)(F)F)cc2)no1. The highest BCUT2D eigenvalue weighted by molar-refractivity contribution is 5.91. The third-order valence-electron chi connectivity index (χ3n) is 5.58. The van der Waals surface area contributed by atoms with Gasteiger partial charge in [-0.1, -0.05) is 78.0 Å². The summed E-state index contributed by atoms with van der Waals surface area (Å²) in [5.74, 6) is 0.358. The minimum absolute atomic E-state index is 0.141. The van der Waals surface area contributed by atoms with Crippen molar-refractivity contribution in [2.45, 2.75) is 19.0 Å². The molecule has 0 aliphatic rings. The molecule has 5 nitrogen and oxygen atoms in total. The smallest absolute Gasteiger partial charge is 0.339 e. The van der Waals surface area contributed by atoms with Gasteiger partial charge in [-0.3, -0.25) is 4.79 Å². The quantitative estimate of drug-likeness (QED) is 0.266. The fourth-order valence-corrected chi connectivity index (χ4v) is 3.59. The Hall–Kier alpha value is -4.20. The molecule has 1 amide bonds. The van der Waals surface area contributed by atoms with E-state index < -0.39 is 11.7 Å². The number of alkyl halides is 3. The largest absolute Gasteiger partial charge is 0.416 e. The van der Waals surface area contributed by atoms with Gasteiger partial charge in [-0.25, -0.2) is 0 Å². The minimum atomic E-state index is -4.41. The number of hydrogen-bond donors (Lipinski definition) is 0. The third kappa shape index (κ3) is 6.91. The molecule has 1 aromatic heterocycles. The number of amides is 1. The molecule has 1 heterocycles. The molecule has 4 aromatic rings. The lowest BCUT2D eigenvalue weighted by atomic mass is 10.1. The van der Waals surface area contributed by atoms with E-state index in [0.717, 1.165) is 23.3 Å². The zero-order chi connectivity index (χ0) is 25.4. The van der Waals surface area contributed by atoms with Gasteiger partial charge in [-0.2, -0.15) is 18.2 Å². The van der Waals surface area contributed by atoms with Gasteiger partial charge < -0.3 is 9.42 Å². The van der Waals surface area contributed by atoms with Crippen LogP contribution >= 0.6 is 0 Å². The van der Waals surface area contributed by atoms with Gasteiger partial charge in [0.25, 0.3) is 0 Å². The van der Waals surface area contributed by atoms with Crippen LogP contribution in [0.15, 0.2) is 95.5 Å². The molecule has 0 saturated carbocycles. The van der Waals surface area contributed by atoms with E-state index in [2.05, 4.69) is 10.1 Å². The van der Waals surface area contributed by atoms with Crippen LogP contribution in [0, 0.1) is 0 Å². The summed E-state index contributed by atoms with van der Waals surface area (Å²) in [6.07, 6.45) is -0.0968. The van der Waals surface area contributed by atoms with Crippen LogP contribution in [0.3, 0.4) is 0 Å². The predicted octanol–water partition coefficient (Wildman–Crippen LogP) is 6.08. The highest BCUT2D eigenvalue weighted by atomic mass is 19.4. The van der Waals surface area contributed by atoms with Crippen molar-refractivity contribution >= 4 is 12.0 Å². The fourth-order valence-electron chi connectivity index (χ4n) is 3.59. The molecular formula is C28H24F3N3O2. The number of rotatable bonds is 9. The molecule has 36 heavy (non-hydrogen) atoms. The van der Waals surface area contributed by atoms with Crippen molar-refractivity contribution in [2.75, 3.05) is 13.1 Å². The Balaban J connectivity index is 1.43. The minimum Gasteiger partial charge on any atom is -0.339 e. The number of carbonyl (C=O) groups excluding carboxylic acids is 1. The Labute approximate surface area is 206 Å². The molecule has 0 saturated heterocycles. The number of nitrogens with zero attached hydrogens (tertiary/aromatic N) is 3. The van der Waals surface area contributed by atoms with Crippen LogP contribution in [0.1, 0.15) is 22.6 Å². The lowest BCUT2D eigenvalue weighted by Gasteiger charge is -2.20. The van der Waals surface area contributed by atoms with Crippen molar-refractivity contribution in [3.05, 3.63) is 114 Å². The first kappa shape index (κ1) is 24.9.